The van der Waals surface area contributed by atoms with E-state index < -0.39 is 34.8 Å². The van der Waals surface area contributed by atoms with Gasteiger partial charge in [0.2, 0.25) is 23.2 Å². The number of esters is 1. The summed E-state index contributed by atoms with van der Waals surface area (Å²) in [6.07, 6.45) is 0. The summed E-state index contributed by atoms with van der Waals surface area (Å²) in [7, 11) is 0. The van der Waals surface area contributed by atoms with Gasteiger partial charge < -0.3 is 9.47 Å². The normalized spacial score (nSPS) is 20.3. The number of ketones is 1. The lowest BCUT2D eigenvalue weighted by Crippen LogP contribution is -2.33. The molecule has 1 atom stereocenters. The Hall–Kier alpha value is -2.41. The Labute approximate surface area is 136 Å². The van der Waals surface area contributed by atoms with Crippen LogP contribution in [0, 0.1) is 5.82 Å². The lowest BCUT2D eigenvalue weighted by Gasteiger charge is -2.25. The standard InChI is InChI=1S/C15H13ClFNO5/c1-7(19)18-14-12(22-8(2)20)13(21)15(3,23-14)11-9(16)5-4-6-10(11)17/h4-6H,1-3H3,(H,18,19). The molecule has 0 fully saturated rings. The van der Waals surface area contributed by atoms with Crippen LogP contribution in [-0.4, -0.2) is 17.7 Å². The Kier molecular flexibility index (Phi) is 4.42. The van der Waals surface area contributed by atoms with Crippen molar-refractivity contribution in [2.45, 2.75) is 26.4 Å². The highest BCUT2D eigenvalue weighted by molar-refractivity contribution is 6.32. The van der Waals surface area contributed by atoms with Crippen LogP contribution >= 0.6 is 11.6 Å². The van der Waals surface area contributed by atoms with Crippen molar-refractivity contribution in [3.05, 3.63) is 46.2 Å². The summed E-state index contributed by atoms with van der Waals surface area (Å²) in [6, 6.07) is 3.88. The van der Waals surface area contributed by atoms with E-state index in [1.807, 2.05) is 0 Å². The molecule has 0 aromatic heterocycles. The maximum absolute atomic E-state index is 14.2. The SMILES string of the molecule is CC(=O)NC1=C(OC(C)=O)C(=O)C(C)(c2c(F)cccc2Cl)O1. The second-order valence-electron chi connectivity index (χ2n) is 4.99. The number of ether oxygens (including phenoxy) is 2. The van der Waals surface area contributed by atoms with Crippen LogP contribution in [0.1, 0.15) is 26.3 Å². The van der Waals surface area contributed by atoms with Crippen molar-refractivity contribution in [3.8, 4) is 0 Å². The molecule has 1 unspecified atom stereocenters. The molecule has 0 aliphatic carbocycles. The molecule has 1 amide bonds. The molecule has 1 aliphatic heterocycles. The quantitative estimate of drug-likeness (QED) is 0.852. The van der Waals surface area contributed by atoms with Crippen LogP contribution in [-0.2, 0) is 29.5 Å². The Morgan fingerprint density at radius 3 is 2.52 bits per heavy atom. The van der Waals surface area contributed by atoms with Gasteiger partial charge in [-0.25, -0.2) is 4.39 Å². The molecule has 0 radical (unpaired) electrons. The molecule has 1 heterocycles. The van der Waals surface area contributed by atoms with Gasteiger partial charge in [-0.3, -0.25) is 19.7 Å². The number of hydrogen-bond acceptors (Lipinski definition) is 5. The minimum Gasteiger partial charge on any atom is -0.456 e. The van der Waals surface area contributed by atoms with E-state index in [1.54, 1.807) is 0 Å². The minimum absolute atomic E-state index is 0.0351. The van der Waals surface area contributed by atoms with Crippen molar-refractivity contribution in [3.63, 3.8) is 0 Å². The van der Waals surface area contributed by atoms with Crippen molar-refractivity contribution < 1.29 is 28.2 Å². The van der Waals surface area contributed by atoms with Gasteiger partial charge in [-0.15, -0.1) is 0 Å². The first-order chi connectivity index (χ1) is 10.7. The van der Waals surface area contributed by atoms with Crippen LogP contribution in [0.4, 0.5) is 4.39 Å². The first-order valence-electron chi connectivity index (χ1n) is 6.55. The van der Waals surface area contributed by atoms with Gasteiger partial charge in [0.15, 0.2) is 0 Å². The zero-order chi connectivity index (χ0) is 17.4. The number of halogens is 2. The van der Waals surface area contributed by atoms with Crippen molar-refractivity contribution in [1.82, 2.24) is 5.32 Å². The summed E-state index contributed by atoms with van der Waals surface area (Å²) in [5, 5.41) is 2.21. The topological polar surface area (TPSA) is 81.7 Å². The number of rotatable bonds is 3. The zero-order valence-electron chi connectivity index (χ0n) is 12.5. The number of amides is 1. The molecule has 1 aliphatic rings. The smallest absolute Gasteiger partial charge is 0.308 e. The molecule has 23 heavy (non-hydrogen) atoms. The highest BCUT2D eigenvalue weighted by Gasteiger charge is 2.52. The van der Waals surface area contributed by atoms with Crippen molar-refractivity contribution >= 4 is 29.3 Å². The van der Waals surface area contributed by atoms with Gasteiger partial charge in [0.05, 0.1) is 10.6 Å². The fourth-order valence-corrected chi connectivity index (χ4v) is 2.56. The summed E-state index contributed by atoms with van der Waals surface area (Å²) in [5.41, 5.74) is -2.08. The summed E-state index contributed by atoms with van der Waals surface area (Å²) < 4.78 is 24.4. The second kappa shape index (κ2) is 6.00. The highest BCUT2D eigenvalue weighted by atomic mass is 35.5. The average Bonchev–Trinajstić information content (AvgIpc) is 2.62. The van der Waals surface area contributed by atoms with Crippen LogP contribution in [0.3, 0.4) is 0 Å². The maximum atomic E-state index is 14.2. The van der Waals surface area contributed by atoms with E-state index in [1.165, 1.54) is 26.0 Å². The van der Waals surface area contributed by atoms with E-state index in [2.05, 4.69) is 5.32 Å². The first-order valence-corrected chi connectivity index (χ1v) is 6.93. The number of benzene rings is 1. The third-order valence-electron chi connectivity index (χ3n) is 3.13. The molecule has 1 N–H and O–H groups in total. The molecule has 0 spiro atoms. The Bertz CT molecular complexity index is 725. The van der Waals surface area contributed by atoms with Gasteiger partial charge in [0, 0.05) is 13.8 Å². The van der Waals surface area contributed by atoms with Crippen molar-refractivity contribution in [1.29, 1.82) is 0 Å². The Balaban J connectivity index is 2.54. The van der Waals surface area contributed by atoms with Gasteiger partial charge in [-0.05, 0) is 19.1 Å². The van der Waals surface area contributed by atoms with Gasteiger partial charge in [0.1, 0.15) is 5.82 Å². The van der Waals surface area contributed by atoms with E-state index >= 15 is 0 Å². The molecule has 6 nitrogen and oxygen atoms in total. The van der Waals surface area contributed by atoms with Gasteiger partial charge in [-0.2, -0.15) is 0 Å². The molecule has 2 rings (SSSR count). The molecule has 1 aromatic rings. The van der Waals surface area contributed by atoms with Crippen LogP contribution in [0.25, 0.3) is 0 Å². The van der Waals surface area contributed by atoms with E-state index in [0.29, 0.717) is 0 Å². The Morgan fingerprint density at radius 1 is 1.35 bits per heavy atom. The van der Waals surface area contributed by atoms with Gasteiger partial charge in [0.25, 0.3) is 5.78 Å². The molecule has 0 saturated heterocycles. The van der Waals surface area contributed by atoms with Crippen LogP contribution in [0.2, 0.25) is 5.02 Å². The summed E-state index contributed by atoms with van der Waals surface area (Å²) in [5.74, 6) is -3.80. The maximum Gasteiger partial charge on any atom is 0.308 e. The van der Waals surface area contributed by atoms with E-state index in [9.17, 15) is 18.8 Å². The molecule has 122 valence electrons. The lowest BCUT2D eigenvalue weighted by molar-refractivity contribution is -0.142. The van der Waals surface area contributed by atoms with E-state index in [-0.39, 0.29) is 16.5 Å². The summed E-state index contributed by atoms with van der Waals surface area (Å²) >= 11 is 5.99. The monoisotopic (exact) mass is 341 g/mol. The summed E-state index contributed by atoms with van der Waals surface area (Å²) in [4.78, 5) is 35.0. The molecular formula is C15H13ClFNO5. The van der Waals surface area contributed by atoms with E-state index in [4.69, 9.17) is 21.1 Å². The molecular weight excluding hydrogens is 329 g/mol. The highest BCUT2D eigenvalue weighted by Crippen LogP contribution is 2.42. The van der Waals surface area contributed by atoms with E-state index in [0.717, 1.165) is 13.0 Å². The van der Waals surface area contributed by atoms with Crippen LogP contribution in [0.5, 0.6) is 0 Å². The second-order valence-corrected chi connectivity index (χ2v) is 5.40. The Morgan fingerprint density at radius 2 is 2.00 bits per heavy atom. The van der Waals surface area contributed by atoms with Crippen molar-refractivity contribution in [2.24, 2.45) is 0 Å². The van der Waals surface area contributed by atoms with Crippen molar-refractivity contribution in [2.75, 3.05) is 0 Å². The number of hydrogen-bond donors (Lipinski definition) is 1. The number of nitrogens with one attached hydrogen (secondary N) is 1. The third-order valence-corrected chi connectivity index (χ3v) is 3.44. The number of carbonyl (C=O) groups is 3. The molecule has 8 heteroatoms. The first kappa shape index (κ1) is 17.0. The fraction of sp³-hybridized carbons (Fsp3) is 0.267. The largest absolute Gasteiger partial charge is 0.456 e. The predicted octanol–water partition coefficient (Wildman–Crippen LogP) is 2.16. The van der Waals surface area contributed by atoms with Crippen LogP contribution < -0.4 is 5.32 Å². The van der Waals surface area contributed by atoms with Crippen LogP contribution in [0.15, 0.2) is 29.8 Å². The number of carbonyl (C=O) groups excluding carboxylic acids is 3. The minimum atomic E-state index is -1.87. The fourth-order valence-electron chi connectivity index (χ4n) is 2.21. The molecule has 0 saturated carbocycles. The average molecular weight is 342 g/mol. The van der Waals surface area contributed by atoms with Gasteiger partial charge >= 0.3 is 5.97 Å². The lowest BCUT2D eigenvalue weighted by atomic mass is 9.91. The zero-order valence-corrected chi connectivity index (χ0v) is 13.3. The molecule has 1 aromatic carbocycles. The van der Waals surface area contributed by atoms with Gasteiger partial charge in [-0.1, -0.05) is 17.7 Å². The summed E-state index contributed by atoms with van der Waals surface area (Å²) in [6.45, 7) is 3.54. The molecule has 0 bridgehead atoms. The predicted molar refractivity (Wildman–Crippen MR) is 77.5 cm³/mol. The number of Topliss-reactive ketones (excluding diaryl/α,β-unsaturated/α-hetero) is 1. The third kappa shape index (κ3) is 3.05.